The van der Waals surface area contributed by atoms with Gasteiger partial charge in [0, 0.05) is 0 Å². The molecule has 4 saturated carbocycles. The molecular formula is C13H21NO2. The van der Waals surface area contributed by atoms with Crippen LogP contribution < -0.4 is 5.73 Å². The summed E-state index contributed by atoms with van der Waals surface area (Å²) in [6.45, 7) is 1.59. The number of ketones is 1. The van der Waals surface area contributed by atoms with E-state index in [0.29, 0.717) is 11.8 Å². The predicted octanol–water partition coefficient (Wildman–Crippen LogP) is 1.23. The second-order valence-corrected chi connectivity index (χ2v) is 6.64. The number of carbonyl (C=O) groups excluding carboxylic acids is 1. The maximum absolute atomic E-state index is 11.6. The Morgan fingerprint density at radius 3 is 2.31 bits per heavy atom. The van der Waals surface area contributed by atoms with Gasteiger partial charge in [0.05, 0.1) is 11.6 Å². The Hall–Kier alpha value is -0.410. The van der Waals surface area contributed by atoms with Crippen molar-refractivity contribution in [2.24, 2.45) is 23.0 Å². The topological polar surface area (TPSA) is 63.3 Å². The van der Waals surface area contributed by atoms with E-state index in [1.807, 2.05) is 0 Å². The Morgan fingerprint density at radius 1 is 1.31 bits per heavy atom. The van der Waals surface area contributed by atoms with E-state index in [-0.39, 0.29) is 17.2 Å². The van der Waals surface area contributed by atoms with E-state index in [2.05, 4.69) is 0 Å². The highest BCUT2D eigenvalue weighted by Crippen LogP contribution is 2.62. The van der Waals surface area contributed by atoms with Gasteiger partial charge in [-0.3, -0.25) is 4.79 Å². The molecule has 0 aromatic rings. The van der Waals surface area contributed by atoms with Crippen molar-refractivity contribution in [3.8, 4) is 0 Å². The van der Waals surface area contributed by atoms with Gasteiger partial charge in [-0.2, -0.15) is 0 Å². The maximum atomic E-state index is 11.6. The van der Waals surface area contributed by atoms with Crippen molar-refractivity contribution in [2.75, 3.05) is 0 Å². The minimum Gasteiger partial charge on any atom is -0.390 e. The lowest BCUT2D eigenvalue weighted by Crippen LogP contribution is -2.62. The molecule has 0 saturated heterocycles. The van der Waals surface area contributed by atoms with Crippen LogP contribution >= 0.6 is 0 Å². The first kappa shape index (κ1) is 10.7. The van der Waals surface area contributed by atoms with Crippen molar-refractivity contribution in [3.05, 3.63) is 0 Å². The first-order valence-corrected chi connectivity index (χ1v) is 6.41. The number of Topliss-reactive ketones (excluding diaryl/α,β-unsaturated/α-hetero) is 1. The van der Waals surface area contributed by atoms with Gasteiger partial charge in [-0.25, -0.2) is 0 Å². The van der Waals surface area contributed by atoms with Crippen molar-refractivity contribution in [2.45, 2.75) is 57.1 Å². The van der Waals surface area contributed by atoms with E-state index < -0.39 is 5.60 Å². The van der Waals surface area contributed by atoms with Crippen LogP contribution in [0.1, 0.15) is 45.4 Å². The highest BCUT2D eigenvalue weighted by Gasteiger charge is 2.59. The second-order valence-electron chi connectivity index (χ2n) is 6.64. The van der Waals surface area contributed by atoms with Crippen molar-refractivity contribution in [1.29, 1.82) is 0 Å². The largest absolute Gasteiger partial charge is 0.390 e. The Balaban J connectivity index is 1.94. The van der Waals surface area contributed by atoms with Gasteiger partial charge in [0.2, 0.25) is 0 Å². The quantitative estimate of drug-likeness (QED) is 0.740. The van der Waals surface area contributed by atoms with Crippen LogP contribution in [0, 0.1) is 17.3 Å². The van der Waals surface area contributed by atoms with Gasteiger partial charge in [-0.1, -0.05) is 0 Å². The molecule has 4 rings (SSSR count). The Bertz CT molecular complexity index is 325. The number of aliphatic hydroxyl groups is 1. The average Bonchev–Trinajstić information content (AvgIpc) is 2.12. The molecule has 4 bridgehead atoms. The first-order chi connectivity index (χ1) is 7.42. The van der Waals surface area contributed by atoms with Gasteiger partial charge in [0.15, 0.2) is 0 Å². The summed E-state index contributed by atoms with van der Waals surface area (Å²) in [7, 11) is 0. The van der Waals surface area contributed by atoms with Crippen molar-refractivity contribution >= 4 is 5.78 Å². The number of hydrogen-bond donors (Lipinski definition) is 2. The standard InChI is InChI=1S/C13H21NO2/c1-8(15)11(14)12-3-9-2-10(4-12)6-13(16,5-9)7-12/h9-11,16H,2-7,14H2,1H3/t9?,10?,11-,12?,13?/m1/s1. The lowest BCUT2D eigenvalue weighted by Gasteiger charge is -2.61. The van der Waals surface area contributed by atoms with E-state index in [4.69, 9.17) is 5.73 Å². The summed E-state index contributed by atoms with van der Waals surface area (Å²) in [5, 5.41) is 10.5. The molecule has 90 valence electrons. The third-order valence-electron chi connectivity index (χ3n) is 5.17. The van der Waals surface area contributed by atoms with Crippen LogP contribution in [0.3, 0.4) is 0 Å². The van der Waals surface area contributed by atoms with E-state index in [9.17, 15) is 9.90 Å². The summed E-state index contributed by atoms with van der Waals surface area (Å²) in [5.41, 5.74) is 5.53. The van der Waals surface area contributed by atoms with Crippen LogP contribution in [0.25, 0.3) is 0 Å². The fourth-order valence-corrected chi connectivity index (χ4v) is 5.08. The van der Waals surface area contributed by atoms with Crippen LogP contribution in [-0.2, 0) is 4.79 Å². The first-order valence-electron chi connectivity index (χ1n) is 6.41. The molecule has 0 aromatic carbocycles. The summed E-state index contributed by atoms with van der Waals surface area (Å²) < 4.78 is 0. The van der Waals surface area contributed by atoms with Crippen LogP contribution in [0.5, 0.6) is 0 Å². The monoisotopic (exact) mass is 223 g/mol. The Kier molecular flexibility index (Phi) is 2.06. The molecule has 2 unspecified atom stereocenters. The number of rotatable bonds is 2. The molecule has 0 amide bonds. The lowest BCUT2D eigenvalue weighted by atomic mass is 9.46. The maximum Gasteiger partial charge on any atom is 0.147 e. The molecule has 0 aliphatic heterocycles. The molecule has 3 atom stereocenters. The van der Waals surface area contributed by atoms with Crippen molar-refractivity contribution in [3.63, 3.8) is 0 Å². The zero-order chi connectivity index (χ0) is 11.6. The number of nitrogens with two attached hydrogens (primary N) is 1. The van der Waals surface area contributed by atoms with Crippen LogP contribution in [-0.4, -0.2) is 22.5 Å². The lowest BCUT2D eigenvalue weighted by molar-refractivity contribution is -0.172. The summed E-state index contributed by atoms with van der Waals surface area (Å²) in [5.74, 6) is 1.30. The normalized spacial score (nSPS) is 51.7. The van der Waals surface area contributed by atoms with E-state index in [0.717, 1.165) is 32.1 Å². The summed E-state index contributed by atoms with van der Waals surface area (Å²) >= 11 is 0. The van der Waals surface area contributed by atoms with Gasteiger partial charge in [-0.05, 0) is 62.7 Å². The zero-order valence-electron chi connectivity index (χ0n) is 9.91. The van der Waals surface area contributed by atoms with E-state index in [1.165, 1.54) is 6.42 Å². The van der Waals surface area contributed by atoms with Gasteiger partial charge < -0.3 is 10.8 Å². The van der Waals surface area contributed by atoms with Crippen LogP contribution in [0.2, 0.25) is 0 Å². The van der Waals surface area contributed by atoms with Gasteiger partial charge in [0.25, 0.3) is 0 Å². The van der Waals surface area contributed by atoms with E-state index in [1.54, 1.807) is 6.92 Å². The minimum atomic E-state index is -0.503. The molecule has 16 heavy (non-hydrogen) atoms. The predicted molar refractivity (Wildman–Crippen MR) is 60.7 cm³/mol. The number of hydrogen-bond acceptors (Lipinski definition) is 3. The molecule has 0 spiro atoms. The third kappa shape index (κ3) is 1.37. The summed E-state index contributed by atoms with van der Waals surface area (Å²) in [6, 6.07) is -0.357. The molecule has 0 radical (unpaired) electrons. The van der Waals surface area contributed by atoms with E-state index >= 15 is 0 Å². The highest BCUT2D eigenvalue weighted by atomic mass is 16.3. The molecule has 3 nitrogen and oxygen atoms in total. The Morgan fingerprint density at radius 2 is 1.88 bits per heavy atom. The van der Waals surface area contributed by atoms with Crippen molar-refractivity contribution < 1.29 is 9.90 Å². The smallest absolute Gasteiger partial charge is 0.147 e. The Labute approximate surface area is 96.4 Å². The number of carbonyl (C=O) groups is 1. The summed E-state index contributed by atoms with van der Waals surface area (Å²) in [6.07, 6.45) is 6.01. The molecule has 3 N–H and O–H groups in total. The average molecular weight is 223 g/mol. The van der Waals surface area contributed by atoms with Gasteiger partial charge >= 0.3 is 0 Å². The van der Waals surface area contributed by atoms with Gasteiger partial charge in [-0.15, -0.1) is 0 Å². The second kappa shape index (κ2) is 3.08. The van der Waals surface area contributed by atoms with Gasteiger partial charge in [0.1, 0.15) is 5.78 Å². The SMILES string of the molecule is CC(=O)[C@@H](N)C12CC3CC(CC(O)(C3)C1)C2. The minimum absolute atomic E-state index is 0.0787. The summed E-state index contributed by atoms with van der Waals surface area (Å²) in [4.78, 5) is 11.6. The third-order valence-corrected chi connectivity index (χ3v) is 5.17. The molecule has 4 aliphatic carbocycles. The molecular weight excluding hydrogens is 202 g/mol. The zero-order valence-corrected chi connectivity index (χ0v) is 9.91. The fourth-order valence-electron chi connectivity index (χ4n) is 5.08. The molecule has 0 aromatic heterocycles. The molecule has 4 fully saturated rings. The highest BCUT2D eigenvalue weighted by molar-refractivity contribution is 5.82. The fraction of sp³-hybridized carbons (Fsp3) is 0.923. The molecule has 0 heterocycles. The molecule has 3 heteroatoms. The van der Waals surface area contributed by atoms with Crippen LogP contribution in [0.15, 0.2) is 0 Å². The van der Waals surface area contributed by atoms with Crippen LogP contribution in [0.4, 0.5) is 0 Å². The molecule has 4 aliphatic rings. The van der Waals surface area contributed by atoms with Crippen molar-refractivity contribution in [1.82, 2.24) is 0 Å².